The number of rotatable bonds is 5. The predicted molar refractivity (Wildman–Crippen MR) is 81.1 cm³/mol. The average Bonchev–Trinajstić information content (AvgIpc) is 2.27. The van der Waals surface area contributed by atoms with Crippen molar-refractivity contribution in [3.8, 4) is 0 Å². The minimum absolute atomic E-state index is 0.190. The maximum absolute atomic E-state index is 3.66. The van der Waals surface area contributed by atoms with Crippen LogP contribution in [0.1, 0.15) is 58.1 Å². The van der Waals surface area contributed by atoms with Gasteiger partial charge in [0.25, 0.3) is 0 Å². The monoisotopic (exact) mass is 247 g/mol. The zero-order valence-corrected chi connectivity index (χ0v) is 12.9. The van der Waals surface area contributed by atoms with Gasteiger partial charge >= 0.3 is 0 Å². The molecule has 2 unspecified atom stereocenters. The zero-order valence-electron chi connectivity index (χ0n) is 12.9. The molecule has 0 radical (unpaired) electrons. The highest BCUT2D eigenvalue weighted by molar-refractivity contribution is 5.26. The first-order valence-corrected chi connectivity index (χ1v) is 7.15. The summed E-state index contributed by atoms with van der Waals surface area (Å²) >= 11 is 0. The summed E-state index contributed by atoms with van der Waals surface area (Å²) in [7, 11) is 0. The average molecular weight is 247 g/mol. The number of benzene rings is 1. The van der Waals surface area contributed by atoms with Crippen LogP contribution in [-0.4, -0.2) is 12.1 Å². The van der Waals surface area contributed by atoms with Crippen molar-refractivity contribution in [2.75, 3.05) is 6.54 Å². The molecule has 1 heteroatoms. The minimum atomic E-state index is 0.190. The van der Waals surface area contributed by atoms with Crippen molar-refractivity contribution in [3.05, 3.63) is 35.4 Å². The molecule has 0 aliphatic heterocycles. The van der Waals surface area contributed by atoms with E-state index >= 15 is 0 Å². The number of hydrogen-bond acceptors (Lipinski definition) is 1. The third-order valence-electron chi connectivity index (χ3n) is 3.65. The largest absolute Gasteiger partial charge is 0.311 e. The van der Waals surface area contributed by atoms with Gasteiger partial charge in [-0.05, 0) is 45.1 Å². The lowest BCUT2D eigenvalue weighted by atomic mass is 9.84. The molecule has 0 aliphatic carbocycles. The van der Waals surface area contributed by atoms with Crippen LogP contribution in [0.3, 0.4) is 0 Å². The third-order valence-corrected chi connectivity index (χ3v) is 3.65. The molecule has 1 N–H and O–H groups in total. The summed E-state index contributed by atoms with van der Waals surface area (Å²) in [5.41, 5.74) is 3.02. The van der Waals surface area contributed by atoms with Crippen LogP contribution in [0, 0.1) is 12.8 Å². The van der Waals surface area contributed by atoms with Gasteiger partial charge < -0.3 is 5.32 Å². The van der Waals surface area contributed by atoms with Crippen LogP contribution in [0.5, 0.6) is 0 Å². The first kappa shape index (κ1) is 15.2. The van der Waals surface area contributed by atoms with Crippen molar-refractivity contribution in [1.82, 2.24) is 5.32 Å². The predicted octanol–water partition coefficient (Wildman–Crippen LogP) is 4.51. The van der Waals surface area contributed by atoms with Crippen LogP contribution in [0.25, 0.3) is 0 Å². The van der Waals surface area contributed by atoms with Crippen molar-refractivity contribution in [1.29, 1.82) is 0 Å². The molecule has 0 aliphatic rings. The van der Waals surface area contributed by atoms with E-state index in [1.165, 1.54) is 17.5 Å². The van der Waals surface area contributed by atoms with Gasteiger partial charge in [0.1, 0.15) is 0 Å². The highest BCUT2D eigenvalue weighted by Gasteiger charge is 2.20. The van der Waals surface area contributed by atoms with Gasteiger partial charge in [-0.2, -0.15) is 0 Å². The minimum Gasteiger partial charge on any atom is -0.311 e. The van der Waals surface area contributed by atoms with Crippen molar-refractivity contribution >= 4 is 0 Å². The fraction of sp³-hybridized carbons (Fsp3) is 0.647. The van der Waals surface area contributed by atoms with Gasteiger partial charge in [0, 0.05) is 12.1 Å². The summed E-state index contributed by atoms with van der Waals surface area (Å²) in [6, 6.07) is 8.96. The molecule has 0 spiro atoms. The maximum Gasteiger partial charge on any atom is 0.00967 e. The van der Waals surface area contributed by atoms with Crippen LogP contribution in [0.4, 0.5) is 0 Å². The number of aryl methyl sites for hydroxylation is 1. The van der Waals surface area contributed by atoms with Crippen molar-refractivity contribution in [3.63, 3.8) is 0 Å². The van der Waals surface area contributed by atoms with Crippen LogP contribution in [0.2, 0.25) is 0 Å². The van der Waals surface area contributed by atoms with Gasteiger partial charge in [-0.15, -0.1) is 0 Å². The Labute approximate surface area is 113 Å². The second kappa shape index (κ2) is 6.38. The van der Waals surface area contributed by atoms with Crippen molar-refractivity contribution in [2.24, 2.45) is 5.92 Å². The molecule has 0 amide bonds. The van der Waals surface area contributed by atoms with E-state index < -0.39 is 0 Å². The lowest BCUT2D eigenvalue weighted by Gasteiger charge is -2.29. The van der Waals surface area contributed by atoms with E-state index in [1.54, 1.807) is 0 Å². The van der Waals surface area contributed by atoms with Gasteiger partial charge in [-0.25, -0.2) is 0 Å². The fourth-order valence-corrected chi connectivity index (χ4v) is 2.25. The number of nitrogens with one attached hydrogen (secondary N) is 1. The Balaban J connectivity index is 2.85. The van der Waals surface area contributed by atoms with E-state index in [0.717, 1.165) is 6.54 Å². The molecule has 0 aromatic heterocycles. The molecule has 0 saturated carbocycles. The highest BCUT2D eigenvalue weighted by atomic mass is 14.9. The van der Waals surface area contributed by atoms with Gasteiger partial charge in [-0.3, -0.25) is 0 Å². The molecule has 1 nitrogen and oxygen atoms in total. The second-order valence-corrected chi connectivity index (χ2v) is 6.54. The Morgan fingerprint density at radius 2 is 1.89 bits per heavy atom. The fourth-order valence-electron chi connectivity index (χ4n) is 2.25. The van der Waals surface area contributed by atoms with E-state index in [2.05, 4.69) is 71.1 Å². The molecular weight excluding hydrogens is 218 g/mol. The van der Waals surface area contributed by atoms with Crippen molar-refractivity contribution in [2.45, 2.75) is 59.4 Å². The molecule has 18 heavy (non-hydrogen) atoms. The summed E-state index contributed by atoms with van der Waals surface area (Å²) in [6.45, 7) is 14.6. The Morgan fingerprint density at radius 1 is 1.22 bits per heavy atom. The molecule has 2 atom stereocenters. The SMILES string of the molecule is CCC(C)C(CNC(C)(C)C)c1cccc(C)c1. The zero-order chi connectivity index (χ0) is 13.8. The molecule has 0 fully saturated rings. The van der Waals surface area contributed by atoms with E-state index in [4.69, 9.17) is 0 Å². The first-order valence-electron chi connectivity index (χ1n) is 7.15. The van der Waals surface area contributed by atoms with E-state index in [-0.39, 0.29) is 5.54 Å². The molecule has 102 valence electrons. The standard InChI is InChI=1S/C17H29N/c1-7-14(3)16(12-18-17(4,5)6)15-10-8-9-13(2)11-15/h8-11,14,16,18H,7,12H2,1-6H3. The normalized spacial score (nSPS) is 15.4. The molecule has 1 aromatic rings. The molecule has 1 rings (SSSR count). The molecule has 0 bridgehead atoms. The third kappa shape index (κ3) is 4.81. The lowest BCUT2D eigenvalue weighted by Crippen LogP contribution is -2.39. The van der Waals surface area contributed by atoms with E-state index in [0.29, 0.717) is 11.8 Å². The molecular formula is C17H29N. The summed E-state index contributed by atoms with van der Waals surface area (Å²) in [5, 5.41) is 3.66. The van der Waals surface area contributed by atoms with Gasteiger partial charge in [0.15, 0.2) is 0 Å². The Hall–Kier alpha value is -0.820. The van der Waals surface area contributed by atoms with E-state index in [1.807, 2.05) is 0 Å². The summed E-state index contributed by atoms with van der Waals surface area (Å²) in [6.07, 6.45) is 1.23. The summed E-state index contributed by atoms with van der Waals surface area (Å²) < 4.78 is 0. The summed E-state index contributed by atoms with van der Waals surface area (Å²) in [4.78, 5) is 0. The van der Waals surface area contributed by atoms with Crippen LogP contribution in [-0.2, 0) is 0 Å². The molecule has 0 saturated heterocycles. The smallest absolute Gasteiger partial charge is 0.00967 e. The van der Waals surface area contributed by atoms with Crippen LogP contribution >= 0.6 is 0 Å². The van der Waals surface area contributed by atoms with Gasteiger partial charge in [-0.1, -0.05) is 50.1 Å². The lowest BCUT2D eigenvalue weighted by molar-refractivity contribution is 0.356. The van der Waals surface area contributed by atoms with Crippen LogP contribution < -0.4 is 5.32 Å². The topological polar surface area (TPSA) is 12.0 Å². The Morgan fingerprint density at radius 3 is 2.39 bits per heavy atom. The number of hydrogen-bond donors (Lipinski definition) is 1. The van der Waals surface area contributed by atoms with Crippen LogP contribution in [0.15, 0.2) is 24.3 Å². The quantitative estimate of drug-likeness (QED) is 0.807. The summed E-state index contributed by atoms with van der Waals surface area (Å²) in [5.74, 6) is 1.32. The van der Waals surface area contributed by atoms with Crippen molar-refractivity contribution < 1.29 is 0 Å². The second-order valence-electron chi connectivity index (χ2n) is 6.54. The van der Waals surface area contributed by atoms with Gasteiger partial charge in [0.05, 0.1) is 0 Å². The molecule has 0 heterocycles. The van der Waals surface area contributed by atoms with Gasteiger partial charge in [0.2, 0.25) is 0 Å². The Kier molecular flexibility index (Phi) is 5.40. The maximum atomic E-state index is 3.66. The first-order chi connectivity index (χ1) is 8.33. The Bertz CT molecular complexity index is 362. The molecule has 1 aromatic carbocycles. The highest BCUT2D eigenvalue weighted by Crippen LogP contribution is 2.27. The van der Waals surface area contributed by atoms with E-state index in [9.17, 15) is 0 Å².